The van der Waals surface area contributed by atoms with Crippen molar-refractivity contribution in [3.05, 3.63) is 35.3 Å². The van der Waals surface area contributed by atoms with Crippen LogP contribution in [0.25, 0.3) is 0 Å². The van der Waals surface area contributed by atoms with E-state index in [1.54, 1.807) is 13.2 Å². The van der Waals surface area contributed by atoms with Gasteiger partial charge < -0.3 is 14.6 Å². The molecule has 0 saturated heterocycles. The molecule has 78 valence electrons. The fraction of sp³-hybridized carbons (Fsp3) is 0.400. The summed E-state index contributed by atoms with van der Waals surface area (Å²) in [7, 11) is -0.172. The van der Waals surface area contributed by atoms with Gasteiger partial charge in [-0.15, -0.1) is 0 Å². The summed E-state index contributed by atoms with van der Waals surface area (Å²) in [6, 6.07) is 0. The van der Waals surface area contributed by atoms with Crippen LogP contribution in [0.15, 0.2) is 35.3 Å². The average molecular weight is 218 g/mol. The van der Waals surface area contributed by atoms with Crippen molar-refractivity contribution in [2.75, 3.05) is 7.11 Å². The summed E-state index contributed by atoms with van der Waals surface area (Å²) in [5.74, 6) is 0.632. The second kappa shape index (κ2) is 4.97. The van der Waals surface area contributed by atoms with Crippen LogP contribution in [0, 0.1) is 0 Å². The molecule has 0 fully saturated rings. The molecule has 0 unspecified atom stereocenters. The molecule has 15 heavy (non-hydrogen) atoms. The Labute approximate surface area is 104 Å². The van der Waals surface area contributed by atoms with E-state index in [0.29, 0.717) is 16.7 Å². The number of methoxy groups -OCH3 is 1. The van der Waals surface area contributed by atoms with Crippen molar-refractivity contribution in [1.82, 2.24) is 0 Å². The Morgan fingerprint density at radius 1 is 1.40 bits per heavy atom. The number of hydrogen-bond donors (Lipinski definition) is 0. The summed E-state index contributed by atoms with van der Waals surface area (Å²) in [6.45, 7) is 9.80. The van der Waals surface area contributed by atoms with Crippen LogP contribution < -0.4 is 24.0 Å². The van der Waals surface area contributed by atoms with E-state index in [2.05, 4.69) is 26.2 Å². The SMILES string of the molecule is C=C1C=C(OC)C([Si](C)(C)C)=C([O-])O1.[Li+]. The summed E-state index contributed by atoms with van der Waals surface area (Å²) in [6.07, 6.45) is 1.66. The minimum absolute atomic E-state index is 0. The van der Waals surface area contributed by atoms with E-state index >= 15 is 0 Å². The molecule has 5 heteroatoms. The van der Waals surface area contributed by atoms with E-state index in [0.717, 1.165) is 0 Å². The molecule has 1 rings (SSSR count). The molecule has 3 nitrogen and oxygen atoms in total. The third-order valence-corrected chi connectivity index (χ3v) is 3.89. The normalized spacial score (nSPS) is 16.5. The van der Waals surface area contributed by atoms with Crippen LogP contribution in [0.4, 0.5) is 0 Å². The number of rotatable bonds is 2. The van der Waals surface area contributed by atoms with Gasteiger partial charge in [0.1, 0.15) is 5.76 Å². The van der Waals surface area contributed by atoms with Crippen LogP contribution in [0.3, 0.4) is 0 Å². The molecule has 0 atom stereocenters. The zero-order valence-corrected chi connectivity index (χ0v) is 11.0. The van der Waals surface area contributed by atoms with E-state index in [-0.39, 0.29) is 24.8 Å². The summed E-state index contributed by atoms with van der Waals surface area (Å²) in [5, 5.41) is 12.3. The van der Waals surface area contributed by atoms with Gasteiger partial charge in [-0.05, 0) is 6.08 Å². The Morgan fingerprint density at radius 2 is 1.93 bits per heavy atom. The predicted octanol–water partition coefficient (Wildman–Crippen LogP) is -1.49. The molecule has 0 aliphatic carbocycles. The number of ether oxygens (including phenoxy) is 2. The minimum atomic E-state index is -1.73. The molecule has 0 spiro atoms. The van der Waals surface area contributed by atoms with Gasteiger partial charge in [0.25, 0.3) is 0 Å². The predicted molar refractivity (Wildman–Crippen MR) is 55.7 cm³/mol. The fourth-order valence-electron chi connectivity index (χ4n) is 1.36. The van der Waals surface area contributed by atoms with E-state index in [9.17, 15) is 5.11 Å². The van der Waals surface area contributed by atoms with Gasteiger partial charge >= 0.3 is 18.9 Å². The molecule has 1 heterocycles. The van der Waals surface area contributed by atoms with Crippen molar-refractivity contribution in [3.8, 4) is 0 Å². The van der Waals surface area contributed by atoms with Gasteiger partial charge in [-0.2, -0.15) is 0 Å². The Hall–Kier alpha value is -0.566. The molecule has 0 saturated carbocycles. The second-order valence-electron chi connectivity index (χ2n) is 4.19. The Bertz CT molecular complexity index is 326. The van der Waals surface area contributed by atoms with Crippen molar-refractivity contribution in [2.24, 2.45) is 0 Å². The summed E-state index contributed by atoms with van der Waals surface area (Å²) >= 11 is 0. The van der Waals surface area contributed by atoms with Crippen molar-refractivity contribution in [3.63, 3.8) is 0 Å². The van der Waals surface area contributed by atoms with Crippen LogP contribution in [0.2, 0.25) is 19.6 Å². The smallest absolute Gasteiger partial charge is 0.580 e. The average Bonchev–Trinajstić information content (AvgIpc) is 1.99. The van der Waals surface area contributed by atoms with E-state index in [4.69, 9.17) is 9.47 Å². The molecule has 0 bridgehead atoms. The van der Waals surface area contributed by atoms with Crippen molar-refractivity contribution >= 4 is 8.07 Å². The van der Waals surface area contributed by atoms with Crippen molar-refractivity contribution in [1.29, 1.82) is 0 Å². The van der Waals surface area contributed by atoms with Crippen LogP contribution in [0.5, 0.6) is 0 Å². The maximum atomic E-state index is 11.6. The fourth-order valence-corrected chi connectivity index (χ4v) is 2.93. The van der Waals surface area contributed by atoms with Crippen LogP contribution in [-0.4, -0.2) is 15.2 Å². The Balaban J connectivity index is 0.00000196. The molecule has 0 aromatic carbocycles. The first-order chi connectivity index (χ1) is 6.36. The number of allylic oxidation sites excluding steroid dienone is 2. The minimum Gasteiger partial charge on any atom is -0.580 e. The molecule has 1 aliphatic rings. The van der Waals surface area contributed by atoms with E-state index in [1.807, 2.05) is 0 Å². The molecule has 0 amide bonds. The molecule has 0 aromatic heterocycles. The summed E-state index contributed by atoms with van der Waals surface area (Å²) < 4.78 is 10.1. The third-order valence-electron chi connectivity index (χ3n) is 1.94. The monoisotopic (exact) mass is 218 g/mol. The molecule has 0 radical (unpaired) electrons. The van der Waals surface area contributed by atoms with E-state index < -0.39 is 8.07 Å². The summed E-state index contributed by atoms with van der Waals surface area (Å²) in [5.41, 5.74) is 0. The van der Waals surface area contributed by atoms with E-state index in [1.165, 1.54) is 0 Å². The Kier molecular flexibility index (Phi) is 4.79. The maximum Gasteiger partial charge on any atom is 1.00 e. The first-order valence-electron chi connectivity index (χ1n) is 4.41. The largest absolute Gasteiger partial charge is 1.00 e. The quantitative estimate of drug-likeness (QED) is 0.530. The van der Waals surface area contributed by atoms with Gasteiger partial charge in [0.2, 0.25) is 0 Å². The van der Waals surface area contributed by atoms with Crippen LogP contribution in [-0.2, 0) is 9.47 Å². The van der Waals surface area contributed by atoms with Gasteiger partial charge in [0.15, 0.2) is 0 Å². The zero-order chi connectivity index (χ0) is 10.9. The maximum absolute atomic E-state index is 11.6. The second-order valence-corrected chi connectivity index (χ2v) is 9.19. The first kappa shape index (κ1) is 14.4. The molecule has 1 aliphatic heterocycles. The van der Waals surface area contributed by atoms with Gasteiger partial charge in [0.05, 0.1) is 21.1 Å². The Morgan fingerprint density at radius 3 is 2.33 bits per heavy atom. The molecular formula is C10H15LiO3Si. The third kappa shape index (κ3) is 3.20. The van der Waals surface area contributed by atoms with Crippen LogP contribution >= 0.6 is 0 Å². The van der Waals surface area contributed by atoms with Gasteiger partial charge in [-0.1, -0.05) is 26.2 Å². The topological polar surface area (TPSA) is 41.5 Å². The number of hydrogen-bond acceptors (Lipinski definition) is 3. The van der Waals surface area contributed by atoms with Gasteiger partial charge in [0, 0.05) is 11.0 Å². The molecule has 0 aromatic rings. The first-order valence-corrected chi connectivity index (χ1v) is 7.91. The standard InChI is InChI=1S/C10H16O3Si.Li/c1-7-6-8(12-2)9(10(11)13-7)14(3,4)5;/h6,11H,1H2,2-5H3;/q;+1/p-1. The van der Waals surface area contributed by atoms with Gasteiger partial charge in [-0.25, -0.2) is 0 Å². The summed E-state index contributed by atoms with van der Waals surface area (Å²) in [4.78, 5) is 0. The molecular weight excluding hydrogens is 203 g/mol. The van der Waals surface area contributed by atoms with Crippen molar-refractivity contribution in [2.45, 2.75) is 19.6 Å². The molecule has 0 N–H and O–H groups in total. The van der Waals surface area contributed by atoms with Crippen LogP contribution in [0.1, 0.15) is 0 Å². The van der Waals surface area contributed by atoms with Crippen molar-refractivity contribution < 1.29 is 33.4 Å². The zero-order valence-electron chi connectivity index (χ0n) is 10.0. The van der Waals surface area contributed by atoms with Gasteiger partial charge in [-0.3, -0.25) is 0 Å².